The molecule has 1 fully saturated rings. The molecule has 0 aromatic heterocycles. The van der Waals surface area contributed by atoms with Crippen LogP contribution in [0.15, 0.2) is 24.3 Å². The van der Waals surface area contributed by atoms with Gasteiger partial charge in [0.15, 0.2) is 0 Å². The number of hydrogen-bond acceptors (Lipinski definition) is 3. The predicted molar refractivity (Wildman–Crippen MR) is 62.8 cm³/mol. The lowest BCUT2D eigenvalue weighted by Gasteiger charge is -2.29. The van der Waals surface area contributed by atoms with E-state index in [4.69, 9.17) is 0 Å². The number of amides is 2. The van der Waals surface area contributed by atoms with E-state index < -0.39 is 0 Å². The third kappa shape index (κ3) is 1.56. The second-order valence-electron chi connectivity index (χ2n) is 4.53. The van der Waals surface area contributed by atoms with E-state index in [1.54, 1.807) is 24.3 Å². The van der Waals surface area contributed by atoms with Gasteiger partial charge < -0.3 is 5.32 Å². The van der Waals surface area contributed by atoms with E-state index in [9.17, 15) is 9.59 Å². The zero-order valence-corrected chi connectivity index (χ0v) is 9.48. The quantitative estimate of drug-likeness (QED) is 0.733. The van der Waals surface area contributed by atoms with Crippen LogP contribution in [0.5, 0.6) is 0 Å². The molecule has 1 aromatic carbocycles. The van der Waals surface area contributed by atoms with Crippen LogP contribution in [-0.2, 0) is 0 Å². The van der Waals surface area contributed by atoms with Crippen LogP contribution in [0.25, 0.3) is 0 Å². The van der Waals surface area contributed by atoms with Crippen molar-refractivity contribution in [3.8, 4) is 0 Å². The second kappa shape index (κ2) is 3.96. The van der Waals surface area contributed by atoms with Gasteiger partial charge in [-0.25, -0.2) is 0 Å². The Balaban J connectivity index is 1.94. The van der Waals surface area contributed by atoms with Crippen molar-refractivity contribution in [2.24, 2.45) is 0 Å². The topological polar surface area (TPSA) is 49.4 Å². The molecule has 0 spiro atoms. The van der Waals surface area contributed by atoms with Crippen molar-refractivity contribution in [1.29, 1.82) is 0 Å². The summed E-state index contributed by atoms with van der Waals surface area (Å²) in [6.45, 7) is 1.69. The number of piperidine rings is 1. The molecule has 2 heterocycles. The molecule has 0 radical (unpaired) electrons. The van der Waals surface area contributed by atoms with Gasteiger partial charge in [0.2, 0.25) is 0 Å². The van der Waals surface area contributed by atoms with Gasteiger partial charge >= 0.3 is 0 Å². The van der Waals surface area contributed by atoms with E-state index in [0.29, 0.717) is 17.7 Å². The summed E-state index contributed by atoms with van der Waals surface area (Å²) in [5.41, 5.74) is 1.09. The van der Waals surface area contributed by atoms with E-state index >= 15 is 0 Å². The van der Waals surface area contributed by atoms with Crippen molar-refractivity contribution < 1.29 is 9.59 Å². The number of fused-ring (bicyclic) bond motifs is 1. The maximum absolute atomic E-state index is 12.2. The standard InChI is InChI=1S/C13H14N2O2/c16-12-10-5-1-2-6-11(10)13(17)15(12)9-4-3-7-14-8-9/h1-2,5-6,9,14H,3-4,7-8H2/t9-/m1/s1. The number of nitrogens with one attached hydrogen (secondary N) is 1. The SMILES string of the molecule is O=C1c2ccccc2C(=O)N1[C@@H]1CCCNC1. The number of rotatable bonds is 1. The first kappa shape index (κ1) is 10.5. The van der Waals surface area contributed by atoms with E-state index in [1.807, 2.05) is 0 Å². The predicted octanol–water partition coefficient (Wildman–Crippen LogP) is 1.03. The normalized spacial score (nSPS) is 24.0. The molecule has 17 heavy (non-hydrogen) atoms. The largest absolute Gasteiger partial charge is 0.315 e. The van der Waals surface area contributed by atoms with Gasteiger partial charge in [-0.3, -0.25) is 14.5 Å². The van der Waals surface area contributed by atoms with Gasteiger partial charge in [-0.05, 0) is 31.5 Å². The molecule has 4 heteroatoms. The summed E-state index contributed by atoms with van der Waals surface area (Å²) in [6.07, 6.45) is 1.91. The highest BCUT2D eigenvalue weighted by Crippen LogP contribution is 2.26. The van der Waals surface area contributed by atoms with E-state index in [1.165, 1.54) is 4.90 Å². The number of hydrogen-bond donors (Lipinski definition) is 1. The monoisotopic (exact) mass is 230 g/mol. The van der Waals surface area contributed by atoms with Gasteiger partial charge in [0.1, 0.15) is 0 Å². The minimum absolute atomic E-state index is 0.0103. The fraction of sp³-hybridized carbons (Fsp3) is 0.385. The molecule has 2 amide bonds. The smallest absolute Gasteiger partial charge is 0.261 e. The van der Waals surface area contributed by atoms with Crippen molar-refractivity contribution in [2.75, 3.05) is 13.1 Å². The van der Waals surface area contributed by atoms with Crippen LogP contribution in [-0.4, -0.2) is 35.8 Å². The lowest BCUT2D eigenvalue weighted by atomic mass is 10.1. The molecule has 0 aliphatic carbocycles. The highest BCUT2D eigenvalue weighted by molar-refractivity contribution is 6.21. The lowest BCUT2D eigenvalue weighted by molar-refractivity contribution is 0.0561. The lowest BCUT2D eigenvalue weighted by Crippen LogP contribution is -2.48. The molecule has 88 valence electrons. The summed E-state index contributed by atoms with van der Waals surface area (Å²) in [6, 6.07) is 7.06. The molecule has 3 rings (SSSR count). The van der Waals surface area contributed by atoms with Crippen molar-refractivity contribution in [1.82, 2.24) is 10.2 Å². The van der Waals surface area contributed by atoms with Crippen LogP contribution >= 0.6 is 0 Å². The Morgan fingerprint density at radius 3 is 2.29 bits per heavy atom. The van der Waals surface area contributed by atoms with Gasteiger partial charge in [-0.1, -0.05) is 12.1 Å². The summed E-state index contributed by atoms with van der Waals surface area (Å²) >= 11 is 0. The first-order valence-corrected chi connectivity index (χ1v) is 5.96. The van der Waals surface area contributed by atoms with Crippen LogP contribution in [0.1, 0.15) is 33.6 Å². The molecule has 0 saturated carbocycles. The highest BCUT2D eigenvalue weighted by Gasteiger charge is 2.39. The molecular weight excluding hydrogens is 216 g/mol. The number of nitrogens with zero attached hydrogens (tertiary/aromatic N) is 1. The molecule has 0 bridgehead atoms. The third-order valence-electron chi connectivity index (χ3n) is 3.46. The molecule has 2 aliphatic rings. The maximum atomic E-state index is 12.2. The van der Waals surface area contributed by atoms with Gasteiger partial charge in [-0.2, -0.15) is 0 Å². The first-order valence-electron chi connectivity index (χ1n) is 5.96. The molecule has 0 unspecified atom stereocenters. The summed E-state index contributed by atoms with van der Waals surface area (Å²) in [5.74, 6) is -0.279. The van der Waals surface area contributed by atoms with Crippen LogP contribution < -0.4 is 5.32 Å². The Kier molecular flexibility index (Phi) is 2.44. The van der Waals surface area contributed by atoms with E-state index in [-0.39, 0.29) is 17.9 Å². The Labute approximate surface area is 99.6 Å². The van der Waals surface area contributed by atoms with Crippen LogP contribution in [0, 0.1) is 0 Å². The van der Waals surface area contributed by atoms with Gasteiger partial charge in [0.25, 0.3) is 11.8 Å². The highest BCUT2D eigenvalue weighted by atomic mass is 16.2. The van der Waals surface area contributed by atoms with Crippen molar-refractivity contribution in [3.05, 3.63) is 35.4 Å². The van der Waals surface area contributed by atoms with Gasteiger partial charge in [0, 0.05) is 6.54 Å². The number of carbonyl (C=O) groups excluding carboxylic acids is 2. The number of benzene rings is 1. The summed E-state index contributed by atoms with van der Waals surface area (Å²) < 4.78 is 0. The van der Waals surface area contributed by atoms with Gasteiger partial charge in [0.05, 0.1) is 17.2 Å². The average molecular weight is 230 g/mol. The van der Waals surface area contributed by atoms with E-state index in [2.05, 4.69) is 5.32 Å². The van der Waals surface area contributed by atoms with Crippen LogP contribution in [0.2, 0.25) is 0 Å². The second-order valence-corrected chi connectivity index (χ2v) is 4.53. The fourth-order valence-electron chi connectivity index (χ4n) is 2.59. The Hall–Kier alpha value is -1.68. The van der Waals surface area contributed by atoms with Crippen molar-refractivity contribution >= 4 is 11.8 Å². The molecule has 1 aromatic rings. The summed E-state index contributed by atoms with van der Waals surface area (Å²) in [5, 5.41) is 3.23. The first-order chi connectivity index (χ1) is 8.29. The minimum Gasteiger partial charge on any atom is -0.315 e. The van der Waals surface area contributed by atoms with Crippen molar-refractivity contribution in [2.45, 2.75) is 18.9 Å². The molecule has 4 nitrogen and oxygen atoms in total. The number of imide groups is 1. The zero-order valence-electron chi connectivity index (χ0n) is 9.48. The van der Waals surface area contributed by atoms with E-state index in [0.717, 1.165) is 19.4 Å². The van der Waals surface area contributed by atoms with Gasteiger partial charge in [-0.15, -0.1) is 0 Å². The van der Waals surface area contributed by atoms with Crippen LogP contribution in [0.4, 0.5) is 0 Å². The third-order valence-corrected chi connectivity index (χ3v) is 3.46. The molecule has 1 N–H and O–H groups in total. The average Bonchev–Trinajstić information content (AvgIpc) is 2.64. The van der Waals surface area contributed by atoms with Crippen LogP contribution in [0.3, 0.4) is 0 Å². The number of carbonyl (C=O) groups is 2. The molecule has 2 aliphatic heterocycles. The minimum atomic E-state index is -0.140. The fourth-order valence-corrected chi connectivity index (χ4v) is 2.59. The Morgan fingerprint density at radius 1 is 1.12 bits per heavy atom. The summed E-state index contributed by atoms with van der Waals surface area (Å²) in [7, 11) is 0. The molecular formula is C13H14N2O2. The van der Waals surface area contributed by atoms with Crippen molar-refractivity contribution in [3.63, 3.8) is 0 Å². The molecule has 1 saturated heterocycles. The Bertz CT molecular complexity index is 443. The summed E-state index contributed by atoms with van der Waals surface area (Å²) in [4.78, 5) is 25.8. The zero-order chi connectivity index (χ0) is 11.8. The molecule has 1 atom stereocenters. The maximum Gasteiger partial charge on any atom is 0.261 e. The Morgan fingerprint density at radius 2 is 1.76 bits per heavy atom.